The lowest BCUT2D eigenvalue weighted by Crippen LogP contribution is -2.43. The second-order valence-electron chi connectivity index (χ2n) is 7.25. The van der Waals surface area contributed by atoms with E-state index >= 15 is 0 Å². The van der Waals surface area contributed by atoms with Gasteiger partial charge in [-0.2, -0.15) is 0 Å². The van der Waals surface area contributed by atoms with Crippen LogP contribution >= 0.6 is 0 Å². The van der Waals surface area contributed by atoms with E-state index in [2.05, 4.69) is 34.7 Å². The lowest BCUT2D eigenvalue weighted by molar-refractivity contribution is 0.249. The van der Waals surface area contributed by atoms with E-state index in [0.29, 0.717) is 6.04 Å². The Morgan fingerprint density at radius 3 is 2.96 bits per heavy atom. The molecule has 1 unspecified atom stereocenters. The summed E-state index contributed by atoms with van der Waals surface area (Å²) in [6, 6.07) is 6.70. The molecule has 0 aliphatic carbocycles. The second kappa shape index (κ2) is 8.03. The molecule has 0 radical (unpaired) electrons. The first-order valence-electron chi connectivity index (χ1n) is 9.83. The number of likely N-dealkylation sites (tertiary alicyclic amines) is 2. The van der Waals surface area contributed by atoms with Gasteiger partial charge in [-0.3, -0.25) is 14.3 Å². The Bertz CT molecular complexity index is 747. The Hall–Kier alpha value is -2.15. The molecule has 140 valence electrons. The molecular formula is C19H29N7. The molecule has 26 heavy (non-hydrogen) atoms. The van der Waals surface area contributed by atoms with E-state index < -0.39 is 0 Å². The van der Waals surface area contributed by atoms with Gasteiger partial charge >= 0.3 is 0 Å². The van der Waals surface area contributed by atoms with Crippen molar-refractivity contribution in [2.75, 3.05) is 39.8 Å². The van der Waals surface area contributed by atoms with Crippen LogP contribution in [0.3, 0.4) is 0 Å². The van der Waals surface area contributed by atoms with E-state index in [0.717, 1.165) is 49.9 Å². The highest BCUT2D eigenvalue weighted by molar-refractivity contribution is 5.80. The van der Waals surface area contributed by atoms with Gasteiger partial charge in [-0.05, 0) is 50.9 Å². The van der Waals surface area contributed by atoms with E-state index in [1.54, 1.807) is 0 Å². The predicted molar refractivity (Wildman–Crippen MR) is 103 cm³/mol. The molecule has 1 N–H and O–H groups in total. The predicted octanol–water partition coefficient (Wildman–Crippen LogP) is 1.41. The van der Waals surface area contributed by atoms with Gasteiger partial charge in [-0.25, -0.2) is 0 Å². The summed E-state index contributed by atoms with van der Waals surface area (Å²) in [7, 11) is 1.89. The highest BCUT2D eigenvalue weighted by Crippen LogP contribution is 2.20. The number of guanidine groups is 1. The smallest absolute Gasteiger partial charge is 0.193 e. The number of aliphatic imine (C=N–C) groups is 1. The number of rotatable bonds is 5. The van der Waals surface area contributed by atoms with Crippen LogP contribution in [0.15, 0.2) is 29.4 Å². The van der Waals surface area contributed by atoms with Crippen LogP contribution in [0.2, 0.25) is 0 Å². The molecule has 0 aromatic carbocycles. The number of pyridine rings is 1. The van der Waals surface area contributed by atoms with Crippen LogP contribution in [0, 0.1) is 0 Å². The van der Waals surface area contributed by atoms with E-state index in [1.807, 2.05) is 31.4 Å². The summed E-state index contributed by atoms with van der Waals surface area (Å²) in [5.41, 5.74) is 0.913. The van der Waals surface area contributed by atoms with E-state index in [1.165, 1.54) is 32.4 Å². The highest BCUT2D eigenvalue weighted by atomic mass is 15.3. The normalized spacial score (nSPS) is 21.8. The second-order valence-corrected chi connectivity index (χ2v) is 7.25. The first-order valence-corrected chi connectivity index (χ1v) is 9.83. The fourth-order valence-corrected chi connectivity index (χ4v) is 4.18. The van der Waals surface area contributed by atoms with Crippen LogP contribution < -0.4 is 5.32 Å². The fraction of sp³-hybridized carbons (Fsp3) is 0.632. The summed E-state index contributed by atoms with van der Waals surface area (Å²) in [6.07, 6.45) is 7.93. The van der Waals surface area contributed by atoms with Gasteiger partial charge in [0.25, 0.3) is 0 Å². The minimum Gasteiger partial charge on any atom is -0.356 e. The summed E-state index contributed by atoms with van der Waals surface area (Å²) >= 11 is 0. The molecule has 0 saturated carbocycles. The maximum Gasteiger partial charge on any atom is 0.193 e. The third-order valence-electron chi connectivity index (χ3n) is 5.58. The lowest BCUT2D eigenvalue weighted by atomic mass is 10.2. The zero-order valence-electron chi connectivity index (χ0n) is 15.6. The van der Waals surface area contributed by atoms with Crippen molar-refractivity contribution in [1.82, 2.24) is 29.7 Å². The van der Waals surface area contributed by atoms with Crippen molar-refractivity contribution in [3.05, 3.63) is 30.2 Å². The van der Waals surface area contributed by atoms with Crippen LogP contribution in [0.5, 0.6) is 0 Å². The molecular weight excluding hydrogens is 326 g/mol. The molecule has 2 saturated heterocycles. The van der Waals surface area contributed by atoms with Gasteiger partial charge in [0.05, 0.1) is 0 Å². The number of nitrogens with zero attached hydrogens (tertiary/aromatic N) is 6. The van der Waals surface area contributed by atoms with Gasteiger partial charge in [0.15, 0.2) is 11.6 Å². The molecule has 2 aromatic heterocycles. The average Bonchev–Trinajstić information content (AvgIpc) is 3.42. The van der Waals surface area contributed by atoms with Crippen molar-refractivity contribution in [2.45, 2.75) is 38.1 Å². The van der Waals surface area contributed by atoms with Crippen LogP contribution in [-0.2, 0) is 6.42 Å². The number of aryl methyl sites for hydroxylation is 1. The van der Waals surface area contributed by atoms with E-state index in [-0.39, 0.29) is 0 Å². The van der Waals surface area contributed by atoms with Crippen molar-refractivity contribution in [3.8, 4) is 0 Å². The zero-order chi connectivity index (χ0) is 17.8. The fourth-order valence-electron chi connectivity index (χ4n) is 4.18. The average molecular weight is 355 g/mol. The van der Waals surface area contributed by atoms with Gasteiger partial charge in [-0.15, -0.1) is 10.2 Å². The first-order chi connectivity index (χ1) is 12.8. The van der Waals surface area contributed by atoms with Crippen LogP contribution in [-0.4, -0.2) is 76.2 Å². The molecule has 0 bridgehead atoms. The van der Waals surface area contributed by atoms with Crippen molar-refractivity contribution in [2.24, 2.45) is 4.99 Å². The third kappa shape index (κ3) is 3.67. The minimum atomic E-state index is 0.707. The van der Waals surface area contributed by atoms with Gasteiger partial charge < -0.3 is 10.2 Å². The summed E-state index contributed by atoms with van der Waals surface area (Å²) in [5, 5.41) is 12.0. The van der Waals surface area contributed by atoms with Gasteiger partial charge in [0, 0.05) is 45.3 Å². The Labute approximate surface area is 155 Å². The molecule has 2 aliphatic rings. The van der Waals surface area contributed by atoms with Crippen molar-refractivity contribution in [3.63, 3.8) is 0 Å². The number of nitrogens with one attached hydrogen (secondary N) is 1. The summed E-state index contributed by atoms with van der Waals surface area (Å²) in [5.74, 6) is 2.06. The molecule has 2 fully saturated rings. The summed E-state index contributed by atoms with van der Waals surface area (Å²) in [6.45, 7) is 5.66. The molecule has 4 heterocycles. The molecule has 2 aliphatic heterocycles. The molecule has 4 rings (SSSR count). The van der Waals surface area contributed by atoms with Crippen molar-refractivity contribution in [1.29, 1.82) is 0 Å². The van der Waals surface area contributed by atoms with Gasteiger partial charge in [0.1, 0.15) is 5.82 Å². The molecule has 7 heteroatoms. The van der Waals surface area contributed by atoms with E-state index in [4.69, 9.17) is 0 Å². The van der Waals surface area contributed by atoms with Crippen molar-refractivity contribution < 1.29 is 0 Å². The van der Waals surface area contributed by atoms with Crippen LogP contribution in [0.4, 0.5) is 0 Å². The highest BCUT2D eigenvalue weighted by Gasteiger charge is 2.30. The standard InChI is InChI=1S/C19H29N7/c1-20-19(25-14-9-16(15-25)24-11-4-5-12-24)21-10-6-8-18-23-22-17-7-2-3-13-26(17)18/h2-3,7,13,16H,4-6,8-12,14-15H2,1H3,(H,20,21). The monoisotopic (exact) mass is 355 g/mol. The molecule has 2 aromatic rings. The SMILES string of the molecule is CN=C(NCCCc1nnc2ccccn12)N1CCC(N2CCCC2)C1. The Balaban J connectivity index is 1.24. The maximum atomic E-state index is 4.50. The van der Waals surface area contributed by atoms with Gasteiger partial charge in [0.2, 0.25) is 0 Å². The Morgan fingerprint density at radius 1 is 1.23 bits per heavy atom. The Kier molecular flexibility index (Phi) is 5.34. The van der Waals surface area contributed by atoms with Crippen molar-refractivity contribution >= 4 is 11.6 Å². The van der Waals surface area contributed by atoms with Crippen LogP contribution in [0.25, 0.3) is 5.65 Å². The molecule has 0 spiro atoms. The summed E-state index contributed by atoms with van der Waals surface area (Å²) < 4.78 is 2.07. The van der Waals surface area contributed by atoms with Crippen LogP contribution in [0.1, 0.15) is 31.5 Å². The van der Waals surface area contributed by atoms with Gasteiger partial charge in [-0.1, -0.05) is 6.07 Å². The lowest BCUT2D eigenvalue weighted by Gasteiger charge is -2.25. The quantitative estimate of drug-likeness (QED) is 0.499. The number of hydrogen-bond acceptors (Lipinski definition) is 4. The Morgan fingerprint density at radius 2 is 2.12 bits per heavy atom. The first kappa shape index (κ1) is 17.3. The number of aromatic nitrogens is 3. The van der Waals surface area contributed by atoms with E-state index in [9.17, 15) is 0 Å². The molecule has 7 nitrogen and oxygen atoms in total. The topological polar surface area (TPSA) is 61.1 Å². The molecule has 1 atom stereocenters. The number of fused-ring (bicyclic) bond motifs is 1. The zero-order valence-corrected chi connectivity index (χ0v) is 15.6. The minimum absolute atomic E-state index is 0.707. The largest absolute Gasteiger partial charge is 0.356 e. The molecule has 0 amide bonds. The number of hydrogen-bond donors (Lipinski definition) is 1. The maximum absolute atomic E-state index is 4.50. The third-order valence-corrected chi connectivity index (χ3v) is 5.58. The summed E-state index contributed by atoms with van der Waals surface area (Å²) in [4.78, 5) is 9.56.